The summed E-state index contributed by atoms with van der Waals surface area (Å²) in [6.45, 7) is 0.669. The third kappa shape index (κ3) is 5.16. The average Bonchev–Trinajstić information content (AvgIpc) is 2.55. The minimum absolute atomic E-state index is 0.0436. The summed E-state index contributed by atoms with van der Waals surface area (Å²) in [5, 5.41) is 2.92. The lowest BCUT2D eigenvalue weighted by Crippen LogP contribution is -2.25. The third-order valence-corrected chi connectivity index (χ3v) is 4.03. The highest BCUT2D eigenvalue weighted by molar-refractivity contribution is 7.98. The van der Waals surface area contributed by atoms with Crippen molar-refractivity contribution in [1.82, 2.24) is 5.32 Å². The Morgan fingerprint density at radius 3 is 2.48 bits per heavy atom. The van der Waals surface area contributed by atoms with Crippen molar-refractivity contribution < 1.29 is 9.53 Å². The normalized spacial score (nSPS) is 10.1. The van der Waals surface area contributed by atoms with Crippen molar-refractivity contribution in [2.45, 2.75) is 5.75 Å². The molecule has 0 aliphatic rings. The molecule has 0 aromatic heterocycles. The average molecular weight is 301 g/mol. The first-order chi connectivity index (χ1) is 10.3. The first-order valence-corrected chi connectivity index (χ1v) is 7.99. The fourth-order valence-electron chi connectivity index (χ4n) is 1.85. The standard InChI is InChI=1S/C17H19NO2S/c1-20-16-9-7-15(8-10-16)17(19)18-11-12-21-13-14-5-3-2-4-6-14/h2-10H,11-13H2,1H3,(H,18,19). The second-order valence-corrected chi connectivity index (χ2v) is 5.63. The van der Waals surface area contributed by atoms with Crippen LogP contribution in [-0.2, 0) is 5.75 Å². The first kappa shape index (κ1) is 15.4. The van der Waals surface area contributed by atoms with Gasteiger partial charge in [0.1, 0.15) is 5.75 Å². The number of nitrogens with one attached hydrogen (secondary N) is 1. The van der Waals surface area contributed by atoms with Crippen LogP contribution in [0.4, 0.5) is 0 Å². The first-order valence-electron chi connectivity index (χ1n) is 6.83. The molecule has 0 bridgehead atoms. The van der Waals surface area contributed by atoms with E-state index in [2.05, 4.69) is 17.4 Å². The zero-order chi connectivity index (χ0) is 14.9. The van der Waals surface area contributed by atoms with Gasteiger partial charge in [-0.05, 0) is 29.8 Å². The van der Waals surface area contributed by atoms with E-state index in [9.17, 15) is 4.79 Å². The van der Waals surface area contributed by atoms with Gasteiger partial charge in [-0.25, -0.2) is 0 Å². The Balaban J connectivity index is 1.67. The number of benzene rings is 2. The van der Waals surface area contributed by atoms with Crippen LogP contribution < -0.4 is 10.1 Å². The molecular weight excluding hydrogens is 282 g/mol. The van der Waals surface area contributed by atoms with Gasteiger partial charge in [0.2, 0.25) is 0 Å². The molecule has 0 heterocycles. The maximum absolute atomic E-state index is 11.9. The van der Waals surface area contributed by atoms with Gasteiger partial charge in [-0.15, -0.1) is 0 Å². The molecule has 0 unspecified atom stereocenters. The number of carbonyl (C=O) groups excluding carboxylic acids is 1. The molecule has 0 atom stereocenters. The summed E-state index contributed by atoms with van der Waals surface area (Å²) in [6.07, 6.45) is 0. The van der Waals surface area contributed by atoms with Crippen molar-refractivity contribution >= 4 is 17.7 Å². The molecule has 0 saturated carbocycles. The molecular formula is C17H19NO2S. The van der Waals surface area contributed by atoms with Gasteiger partial charge in [0.05, 0.1) is 7.11 Å². The second kappa shape index (κ2) is 8.37. The van der Waals surface area contributed by atoms with E-state index in [0.717, 1.165) is 17.3 Å². The zero-order valence-corrected chi connectivity index (χ0v) is 12.9. The van der Waals surface area contributed by atoms with Gasteiger partial charge in [-0.2, -0.15) is 11.8 Å². The number of rotatable bonds is 7. The molecule has 2 rings (SSSR count). The van der Waals surface area contributed by atoms with E-state index in [4.69, 9.17) is 4.74 Å². The molecule has 2 aromatic carbocycles. The van der Waals surface area contributed by atoms with Crippen molar-refractivity contribution in [3.8, 4) is 5.75 Å². The molecule has 1 amide bonds. The maximum Gasteiger partial charge on any atom is 0.251 e. The van der Waals surface area contributed by atoms with Gasteiger partial charge in [0, 0.05) is 23.6 Å². The van der Waals surface area contributed by atoms with Crippen LogP contribution in [0.3, 0.4) is 0 Å². The molecule has 0 aliphatic carbocycles. The highest BCUT2D eigenvalue weighted by Gasteiger charge is 2.04. The summed E-state index contributed by atoms with van der Waals surface area (Å²) in [5.74, 6) is 2.58. The zero-order valence-electron chi connectivity index (χ0n) is 12.0. The predicted octanol–water partition coefficient (Wildman–Crippen LogP) is 3.36. The number of carbonyl (C=O) groups is 1. The molecule has 4 heteroatoms. The van der Waals surface area contributed by atoms with E-state index < -0.39 is 0 Å². The number of hydrogen-bond acceptors (Lipinski definition) is 3. The lowest BCUT2D eigenvalue weighted by molar-refractivity contribution is 0.0956. The van der Waals surface area contributed by atoms with Crippen LogP contribution in [0.15, 0.2) is 54.6 Å². The molecule has 0 fully saturated rings. The van der Waals surface area contributed by atoms with Gasteiger partial charge in [0.25, 0.3) is 5.91 Å². The van der Waals surface area contributed by atoms with Crippen molar-refractivity contribution in [3.05, 3.63) is 65.7 Å². The van der Waals surface area contributed by atoms with Crippen LogP contribution in [0.25, 0.3) is 0 Å². The van der Waals surface area contributed by atoms with Gasteiger partial charge in [0.15, 0.2) is 0 Å². The summed E-state index contributed by atoms with van der Waals surface area (Å²) in [7, 11) is 1.61. The van der Waals surface area contributed by atoms with Crippen LogP contribution in [0, 0.1) is 0 Å². The Morgan fingerprint density at radius 2 is 1.81 bits per heavy atom. The van der Waals surface area contributed by atoms with E-state index >= 15 is 0 Å². The lowest BCUT2D eigenvalue weighted by atomic mass is 10.2. The highest BCUT2D eigenvalue weighted by Crippen LogP contribution is 2.12. The number of hydrogen-bond donors (Lipinski definition) is 1. The van der Waals surface area contributed by atoms with Gasteiger partial charge in [-0.3, -0.25) is 4.79 Å². The molecule has 0 radical (unpaired) electrons. The van der Waals surface area contributed by atoms with Gasteiger partial charge >= 0.3 is 0 Å². The third-order valence-electron chi connectivity index (χ3n) is 3.00. The fraction of sp³-hybridized carbons (Fsp3) is 0.235. The smallest absolute Gasteiger partial charge is 0.251 e. The summed E-state index contributed by atoms with van der Waals surface area (Å²) in [4.78, 5) is 11.9. The monoisotopic (exact) mass is 301 g/mol. The molecule has 0 saturated heterocycles. The van der Waals surface area contributed by atoms with E-state index in [1.54, 1.807) is 31.4 Å². The van der Waals surface area contributed by atoms with Gasteiger partial charge in [-0.1, -0.05) is 30.3 Å². The van der Waals surface area contributed by atoms with Crippen LogP contribution in [0.1, 0.15) is 15.9 Å². The maximum atomic E-state index is 11.9. The highest BCUT2D eigenvalue weighted by atomic mass is 32.2. The lowest BCUT2D eigenvalue weighted by Gasteiger charge is -2.06. The number of amides is 1. The van der Waals surface area contributed by atoms with Crippen LogP contribution in [-0.4, -0.2) is 25.3 Å². The van der Waals surface area contributed by atoms with Crippen molar-refractivity contribution in [3.63, 3.8) is 0 Å². The van der Waals surface area contributed by atoms with Crippen molar-refractivity contribution in [2.24, 2.45) is 0 Å². The Labute approximate surface area is 129 Å². The molecule has 110 valence electrons. The van der Waals surface area contributed by atoms with E-state index in [0.29, 0.717) is 12.1 Å². The molecule has 1 N–H and O–H groups in total. The number of ether oxygens (including phenoxy) is 1. The van der Waals surface area contributed by atoms with Gasteiger partial charge < -0.3 is 10.1 Å². The second-order valence-electron chi connectivity index (χ2n) is 4.52. The number of thioether (sulfide) groups is 1. The van der Waals surface area contributed by atoms with Crippen LogP contribution >= 0.6 is 11.8 Å². The SMILES string of the molecule is COc1ccc(C(=O)NCCSCc2ccccc2)cc1. The minimum atomic E-state index is -0.0436. The molecule has 3 nitrogen and oxygen atoms in total. The van der Waals surface area contributed by atoms with Crippen molar-refractivity contribution in [2.75, 3.05) is 19.4 Å². The van der Waals surface area contributed by atoms with E-state index in [1.807, 2.05) is 30.0 Å². The Kier molecular flexibility index (Phi) is 6.16. The topological polar surface area (TPSA) is 38.3 Å². The summed E-state index contributed by atoms with van der Waals surface area (Å²) in [5.41, 5.74) is 1.97. The molecule has 0 aliphatic heterocycles. The summed E-state index contributed by atoms with van der Waals surface area (Å²) >= 11 is 1.81. The van der Waals surface area contributed by atoms with Crippen molar-refractivity contribution in [1.29, 1.82) is 0 Å². The molecule has 2 aromatic rings. The number of methoxy groups -OCH3 is 1. The summed E-state index contributed by atoms with van der Waals surface area (Å²) < 4.78 is 5.07. The minimum Gasteiger partial charge on any atom is -0.497 e. The predicted molar refractivity (Wildman–Crippen MR) is 87.9 cm³/mol. The largest absolute Gasteiger partial charge is 0.497 e. The van der Waals surface area contributed by atoms with Crippen LogP contribution in [0.2, 0.25) is 0 Å². The van der Waals surface area contributed by atoms with E-state index in [1.165, 1.54) is 5.56 Å². The molecule has 0 spiro atoms. The summed E-state index contributed by atoms with van der Waals surface area (Å²) in [6, 6.07) is 17.5. The quantitative estimate of drug-likeness (QED) is 0.797. The van der Waals surface area contributed by atoms with E-state index in [-0.39, 0.29) is 5.91 Å². The Hall–Kier alpha value is -1.94. The fourth-order valence-corrected chi connectivity index (χ4v) is 2.66. The van der Waals surface area contributed by atoms with Crippen LogP contribution in [0.5, 0.6) is 5.75 Å². The Morgan fingerprint density at radius 1 is 1.10 bits per heavy atom. The Bertz CT molecular complexity index is 555. The molecule has 21 heavy (non-hydrogen) atoms.